The van der Waals surface area contributed by atoms with Gasteiger partial charge in [-0.3, -0.25) is 4.98 Å². The Morgan fingerprint density at radius 3 is 2.33 bits per heavy atom. The van der Waals surface area contributed by atoms with E-state index in [0.717, 1.165) is 0 Å². The molecule has 2 aromatic heterocycles. The number of benzene rings is 1. The Balaban J connectivity index is 1.83. The molecule has 1 aromatic carbocycles. The zero-order chi connectivity index (χ0) is 22.1. The van der Waals surface area contributed by atoms with Gasteiger partial charge >= 0.3 is 6.18 Å². The number of ether oxygens (including phenoxy) is 1. The number of aldehydes is 1. The van der Waals surface area contributed by atoms with Gasteiger partial charge in [0.2, 0.25) is 5.82 Å². The van der Waals surface area contributed by atoms with Crippen molar-refractivity contribution in [1.29, 1.82) is 0 Å². The third-order valence-corrected chi connectivity index (χ3v) is 4.16. The van der Waals surface area contributed by atoms with Gasteiger partial charge in [0.05, 0.1) is 17.3 Å². The Labute approximate surface area is 167 Å². The number of aromatic amines is 1. The lowest BCUT2D eigenvalue weighted by atomic mass is 9.98. The van der Waals surface area contributed by atoms with E-state index in [4.69, 9.17) is 4.74 Å². The summed E-state index contributed by atoms with van der Waals surface area (Å²) in [4.78, 5) is 20.7. The van der Waals surface area contributed by atoms with Crippen molar-refractivity contribution < 1.29 is 31.5 Å². The monoisotopic (exact) mass is 425 g/mol. The maximum Gasteiger partial charge on any atom is 0.432 e. The molecule has 0 aliphatic carbocycles. The van der Waals surface area contributed by atoms with E-state index in [1.807, 2.05) is 0 Å². The molecule has 30 heavy (non-hydrogen) atoms. The number of rotatable bonds is 6. The molecule has 5 nitrogen and oxygen atoms in total. The molecule has 0 saturated carbocycles. The van der Waals surface area contributed by atoms with Gasteiger partial charge < -0.3 is 14.5 Å². The van der Waals surface area contributed by atoms with Crippen LogP contribution in [0.3, 0.4) is 0 Å². The third kappa shape index (κ3) is 4.47. The van der Waals surface area contributed by atoms with Crippen LogP contribution in [0.5, 0.6) is 5.75 Å². The first-order chi connectivity index (χ1) is 14.0. The minimum absolute atomic E-state index is 0.0606. The van der Waals surface area contributed by atoms with Gasteiger partial charge in [-0.15, -0.1) is 0 Å². The van der Waals surface area contributed by atoms with E-state index in [1.165, 1.54) is 30.5 Å². The molecule has 0 spiro atoms. The normalized spacial score (nSPS) is 12.1. The summed E-state index contributed by atoms with van der Waals surface area (Å²) in [6, 6.07) is 5.19. The van der Waals surface area contributed by atoms with Gasteiger partial charge in [0.25, 0.3) is 0 Å². The summed E-state index contributed by atoms with van der Waals surface area (Å²) in [5.41, 5.74) is -1.72. The van der Waals surface area contributed by atoms with E-state index < -0.39 is 28.9 Å². The first kappa shape index (κ1) is 21.4. The number of halogens is 5. The lowest BCUT2D eigenvalue weighted by molar-refractivity contribution is -0.140. The molecule has 0 fully saturated rings. The van der Waals surface area contributed by atoms with Gasteiger partial charge in [0.1, 0.15) is 24.4 Å². The van der Waals surface area contributed by atoms with E-state index in [-0.39, 0.29) is 35.0 Å². The minimum atomic E-state index is -4.57. The number of alkyl halides is 3. The molecule has 3 aromatic rings. The zero-order valence-corrected chi connectivity index (χ0v) is 15.8. The fourth-order valence-electron chi connectivity index (χ4n) is 2.44. The molecule has 10 heteroatoms. The quantitative estimate of drug-likeness (QED) is 0.444. The van der Waals surface area contributed by atoms with Crippen molar-refractivity contribution in [1.82, 2.24) is 15.0 Å². The lowest BCUT2D eigenvalue weighted by Gasteiger charge is -2.18. The highest BCUT2D eigenvalue weighted by Gasteiger charge is 2.33. The Bertz CT molecular complexity index is 1060. The highest BCUT2D eigenvalue weighted by atomic mass is 19.4. The van der Waals surface area contributed by atoms with Crippen molar-refractivity contribution in [2.24, 2.45) is 5.41 Å². The highest BCUT2D eigenvalue weighted by Crippen LogP contribution is 2.32. The number of nitrogens with one attached hydrogen (secondary N) is 1. The van der Waals surface area contributed by atoms with E-state index in [0.29, 0.717) is 12.5 Å². The predicted molar refractivity (Wildman–Crippen MR) is 97.5 cm³/mol. The van der Waals surface area contributed by atoms with Crippen LogP contribution in [0.1, 0.15) is 19.5 Å². The molecule has 0 aliphatic rings. The number of imidazole rings is 1. The average Bonchev–Trinajstić information content (AvgIpc) is 3.20. The van der Waals surface area contributed by atoms with Crippen LogP contribution in [0.25, 0.3) is 22.6 Å². The summed E-state index contributed by atoms with van der Waals surface area (Å²) in [5.74, 6) is -2.84. The maximum atomic E-state index is 14.5. The van der Waals surface area contributed by atoms with Crippen LogP contribution in [0.4, 0.5) is 22.0 Å². The second-order valence-electron chi connectivity index (χ2n) is 7.21. The molecule has 0 unspecified atom stereocenters. The Morgan fingerprint density at radius 1 is 1.03 bits per heavy atom. The molecule has 1 N–H and O–H groups in total. The predicted octanol–water partition coefficient (Wildman–Crippen LogP) is 5.04. The number of aromatic nitrogens is 3. The van der Waals surface area contributed by atoms with Crippen LogP contribution < -0.4 is 4.74 Å². The van der Waals surface area contributed by atoms with Crippen LogP contribution in [0.2, 0.25) is 0 Å². The van der Waals surface area contributed by atoms with Crippen molar-refractivity contribution in [3.63, 3.8) is 0 Å². The maximum absolute atomic E-state index is 14.5. The molecule has 0 radical (unpaired) electrons. The van der Waals surface area contributed by atoms with E-state index >= 15 is 0 Å². The van der Waals surface area contributed by atoms with Gasteiger partial charge in [-0.05, 0) is 38.1 Å². The number of H-pyrrole nitrogens is 1. The molecular weight excluding hydrogens is 409 g/mol. The number of hydrogen-bond donors (Lipinski definition) is 1. The average molecular weight is 425 g/mol. The topological polar surface area (TPSA) is 67.9 Å². The zero-order valence-electron chi connectivity index (χ0n) is 15.8. The number of nitrogens with zero attached hydrogens (tertiary/aromatic N) is 2. The first-order valence-corrected chi connectivity index (χ1v) is 8.68. The summed E-state index contributed by atoms with van der Waals surface area (Å²) in [7, 11) is 0. The van der Waals surface area contributed by atoms with Gasteiger partial charge in [-0.2, -0.15) is 17.6 Å². The number of hydrogen-bond acceptors (Lipinski definition) is 4. The fourth-order valence-corrected chi connectivity index (χ4v) is 2.44. The van der Waals surface area contributed by atoms with Crippen molar-refractivity contribution in [3.05, 3.63) is 54.0 Å². The molecule has 0 aliphatic heterocycles. The van der Waals surface area contributed by atoms with Gasteiger partial charge in [0, 0.05) is 17.3 Å². The summed E-state index contributed by atoms with van der Waals surface area (Å²) in [6.07, 6.45) is -2.06. The standard InChI is InChI=1S/C20H16F5N3O2/c1-19(2,9-29)10-30-14-6-4-12(16(21)17(14)22)13-5-3-11(7-26-13)18-27-8-15(28-18)20(23,24)25/h3-9H,10H2,1-2H3,(H,27,28). The van der Waals surface area contributed by atoms with Crippen LogP contribution in [0, 0.1) is 17.0 Å². The minimum Gasteiger partial charge on any atom is -0.489 e. The molecule has 2 heterocycles. The molecule has 0 atom stereocenters. The van der Waals surface area contributed by atoms with Crippen molar-refractivity contribution in [2.45, 2.75) is 20.0 Å². The smallest absolute Gasteiger partial charge is 0.432 e. The van der Waals surface area contributed by atoms with Gasteiger partial charge in [0.15, 0.2) is 11.6 Å². The number of pyridine rings is 1. The Hall–Kier alpha value is -3.30. The van der Waals surface area contributed by atoms with E-state index in [2.05, 4.69) is 15.0 Å². The van der Waals surface area contributed by atoms with E-state index in [9.17, 15) is 26.7 Å². The van der Waals surface area contributed by atoms with Crippen molar-refractivity contribution in [2.75, 3.05) is 6.61 Å². The molecule has 0 amide bonds. The van der Waals surface area contributed by atoms with Crippen LogP contribution >= 0.6 is 0 Å². The second-order valence-corrected chi connectivity index (χ2v) is 7.21. The summed E-state index contributed by atoms with van der Waals surface area (Å²) >= 11 is 0. The number of carbonyl (C=O) groups is 1. The Morgan fingerprint density at radius 2 is 1.77 bits per heavy atom. The van der Waals surface area contributed by atoms with Gasteiger partial charge in [-0.25, -0.2) is 9.37 Å². The summed E-state index contributed by atoms with van der Waals surface area (Å²) in [5, 5.41) is 0. The largest absolute Gasteiger partial charge is 0.489 e. The molecule has 0 saturated heterocycles. The second kappa shape index (κ2) is 7.85. The fraction of sp³-hybridized carbons (Fsp3) is 0.250. The van der Waals surface area contributed by atoms with Crippen LogP contribution in [0.15, 0.2) is 36.7 Å². The first-order valence-electron chi connectivity index (χ1n) is 8.68. The third-order valence-electron chi connectivity index (χ3n) is 4.16. The number of carbonyl (C=O) groups excluding carboxylic acids is 1. The SMILES string of the molecule is CC(C)(C=O)COc1ccc(-c2ccc(-c3ncc(C(F)(F)F)[nH]3)cn2)c(F)c1F. The Kier molecular flexibility index (Phi) is 5.60. The summed E-state index contributed by atoms with van der Waals surface area (Å²) < 4.78 is 72.0. The van der Waals surface area contributed by atoms with Crippen LogP contribution in [-0.4, -0.2) is 27.8 Å². The van der Waals surface area contributed by atoms with E-state index in [1.54, 1.807) is 13.8 Å². The van der Waals surface area contributed by atoms with Crippen molar-refractivity contribution >= 4 is 6.29 Å². The highest BCUT2D eigenvalue weighted by molar-refractivity contribution is 5.65. The summed E-state index contributed by atoms with van der Waals surface area (Å²) in [6.45, 7) is 3.04. The molecule has 0 bridgehead atoms. The lowest BCUT2D eigenvalue weighted by Crippen LogP contribution is -2.23. The molecular formula is C20H16F5N3O2. The van der Waals surface area contributed by atoms with Gasteiger partial charge in [-0.1, -0.05) is 0 Å². The molecule has 3 rings (SSSR count). The van der Waals surface area contributed by atoms with Crippen LogP contribution in [-0.2, 0) is 11.0 Å². The van der Waals surface area contributed by atoms with Crippen molar-refractivity contribution in [3.8, 4) is 28.4 Å². The molecule has 158 valence electrons.